The Labute approximate surface area is 357 Å². The molecule has 4 aromatic carbocycles. The van der Waals surface area contributed by atoms with E-state index in [0.29, 0.717) is 63.6 Å². The van der Waals surface area contributed by atoms with Crippen molar-refractivity contribution in [1.29, 1.82) is 0 Å². The van der Waals surface area contributed by atoms with E-state index in [-0.39, 0.29) is 42.0 Å². The largest absolute Gasteiger partial charge is 0.508 e. The molecule has 3 N–H and O–H groups in total. The van der Waals surface area contributed by atoms with Crippen LogP contribution in [0.25, 0.3) is 21.9 Å². The molecule has 0 bridgehead atoms. The summed E-state index contributed by atoms with van der Waals surface area (Å²) >= 11 is 1.47. The van der Waals surface area contributed by atoms with Gasteiger partial charge in [0, 0.05) is 61.5 Å². The van der Waals surface area contributed by atoms with Crippen molar-refractivity contribution in [1.82, 2.24) is 25.3 Å². The predicted octanol–water partition coefficient (Wildman–Crippen LogP) is 6.32. The minimum atomic E-state index is -0.644. The zero-order valence-electron chi connectivity index (χ0n) is 33.6. The fraction of sp³-hybridized carbons (Fsp3) is 0.298. The van der Waals surface area contributed by atoms with E-state index >= 15 is 0 Å². The summed E-state index contributed by atoms with van der Waals surface area (Å²) in [5, 5.41) is 20.2. The van der Waals surface area contributed by atoms with E-state index in [1.807, 2.05) is 63.7 Å². The highest BCUT2D eigenvalue weighted by Crippen LogP contribution is 2.39. The standard InChI is InChI=1S/C47H46N6O7S/c1-2-44(56)50-24-33(25-50)52-23-32-12-11-31(37-21-34(54)19-30-7-3-4-8-36(30)37)20-41(32)51(47(52)59)18-6-5-17-48-22-29-9-13-35(14-10-29)60-27-42-38-26-53(46(58)39(38)28-61-42)40-15-16-43(55)49-45(40)57/h2-4,7-14,19-21,28,33,40,48,54H,1,5-6,15-18,22-27H2,(H,49,55,57)/t40-/m0/s1. The molecule has 2 saturated heterocycles. The third kappa shape index (κ3) is 7.96. The van der Waals surface area contributed by atoms with E-state index in [0.717, 1.165) is 68.5 Å². The Morgan fingerprint density at radius 1 is 0.951 bits per heavy atom. The van der Waals surface area contributed by atoms with Gasteiger partial charge in [0.25, 0.3) is 5.91 Å². The summed E-state index contributed by atoms with van der Waals surface area (Å²) < 4.78 is 6.11. The number of carbonyl (C=O) groups excluding carboxylic acids is 5. The summed E-state index contributed by atoms with van der Waals surface area (Å²) in [7, 11) is 0. The van der Waals surface area contributed by atoms with E-state index in [9.17, 15) is 29.1 Å². The second kappa shape index (κ2) is 16.9. The Morgan fingerprint density at radius 2 is 1.77 bits per heavy atom. The predicted molar refractivity (Wildman–Crippen MR) is 232 cm³/mol. The van der Waals surface area contributed by atoms with Crippen LogP contribution in [-0.4, -0.2) is 87.7 Å². The first-order valence-electron chi connectivity index (χ1n) is 20.7. The van der Waals surface area contributed by atoms with Gasteiger partial charge in [-0.2, -0.15) is 0 Å². The molecule has 1 aromatic heterocycles. The zero-order valence-corrected chi connectivity index (χ0v) is 34.4. The van der Waals surface area contributed by atoms with Crippen LogP contribution >= 0.6 is 11.3 Å². The first kappa shape index (κ1) is 39.9. The van der Waals surface area contributed by atoms with Crippen molar-refractivity contribution >= 4 is 57.5 Å². The number of rotatable bonds is 14. The van der Waals surface area contributed by atoms with Crippen molar-refractivity contribution < 1.29 is 33.8 Å². The maximum absolute atomic E-state index is 14.2. The van der Waals surface area contributed by atoms with Crippen LogP contribution in [0.2, 0.25) is 0 Å². The maximum atomic E-state index is 14.2. The normalized spacial score (nSPS) is 17.7. The van der Waals surface area contributed by atoms with E-state index in [2.05, 4.69) is 35.4 Å². The molecule has 4 aliphatic heterocycles. The van der Waals surface area contributed by atoms with E-state index in [1.54, 1.807) is 21.9 Å². The number of phenols is 1. The number of hydrogen-bond acceptors (Lipinski definition) is 9. The van der Waals surface area contributed by atoms with Gasteiger partial charge in [-0.25, -0.2) is 4.79 Å². The average molecular weight is 839 g/mol. The van der Waals surface area contributed by atoms with Crippen LogP contribution in [0.5, 0.6) is 11.5 Å². The SMILES string of the molecule is C=CC(=O)N1CC(N2Cc3ccc(-c4cc(O)cc5ccccc45)cc3N(CCCCNCc3ccc(OCc4scc5c4CN([C@H]4CCC(=O)NC4=O)C5=O)cc3)C2=O)C1. The molecule has 1 atom stereocenters. The van der Waals surface area contributed by atoms with Gasteiger partial charge in [0.2, 0.25) is 17.7 Å². The summed E-state index contributed by atoms with van der Waals surface area (Å²) in [5.41, 5.74) is 6.31. The topological polar surface area (TPSA) is 152 Å². The number of amides is 6. The summed E-state index contributed by atoms with van der Waals surface area (Å²) in [6.45, 7) is 7.60. The molecule has 9 rings (SSSR count). The van der Waals surface area contributed by atoms with Gasteiger partial charge in [0.05, 0.1) is 17.3 Å². The Hall–Kier alpha value is -6.51. The molecule has 4 aliphatic rings. The fourth-order valence-electron chi connectivity index (χ4n) is 8.75. The van der Waals surface area contributed by atoms with Gasteiger partial charge < -0.3 is 29.9 Å². The smallest absolute Gasteiger partial charge is 0.325 e. The molecule has 0 aliphatic carbocycles. The van der Waals surface area contributed by atoms with Gasteiger partial charge in [-0.15, -0.1) is 11.3 Å². The second-order valence-corrected chi connectivity index (χ2v) is 17.0. The lowest BCUT2D eigenvalue weighted by molar-refractivity contribution is -0.137. The molecule has 0 unspecified atom stereocenters. The lowest BCUT2D eigenvalue weighted by Crippen LogP contribution is -2.64. The number of fused-ring (bicyclic) bond motifs is 3. The molecule has 2 fully saturated rings. The van der Waals surface area contributed by atoms with Gasteiger partial charge in [0.15, 0.2) is 0 Å². The van der Waals surface area contributed by atoms with Crippen LogP contribution in [-0.2, 0) is 40.6 Å². The highest BCUT2D eigenvalue weighted by molar-refractivity contribution is 7.10. The quantitative estimate of drug-likeness (QED) is 0.0668. The minimum absolute atomic E-state index is 0.0671. The first-order valence-corrected chi connectivity index (χ1v) is 21.5. The molecule has 312 valence electrons. The first-order chi connectivity index (χ1) is 29.6. The molecule has 14 heteroatoms. The Bertz CT molecular complexity index is 2570. The number of benzene rings is 4. The van der Waals surface area contributed by atoms with Crippen LogP contribution in [0.3, 0.4) is 0 Å². The van der Waals surface area contributed by atoms with Crippen molar-refractivity contribution in [3.8, 4) is 22.6 Å². The number of urea groups is 1. The minimum Gasteiger partial charge on any atom is -0.508 e. The zero-order chi connectivity index (χ0) is 42.2. The monoisotopic (exact) mass is 838 g/mol. The van der Waals surface area contributed by atoms with Gasteiger partial charge >= 0.3 is 6.03 Å². The molecular weight excluding hydrogens is 793 g/mol. The molecule has 0 spiro atoms. The fourth-order valence-corrected chi connectivity index (χ4v) is 9.70. The Morgan fingerprint density at radius 3 is 2.57 bits per heavy atom. The lowest BCUT2D eigenvalue weighted by atomic mass is 9.94. The number of carbonyl (C=O) groups is 5. The number of likely N-dealkylation sites (tertiary alicyclic amines) is 1. The van der Waals surface area contributed by atoms with E-state index in [4.69, 9.17) is 4.74 Å². The van der Waals surface area contributed by atoms with Crippen molar-refractivity contribution in [2.45, 2.75) is 64.0 Å². The third-order valence-corrected chi connectivity index (χ3v) is 13.1. The van der Waals surface area contributed by atoms with E-state index in [1.165, 1.54) is 17.4 Å². The number of nitrogens with one attached hydrogen (secondary N) is 2. The van der Waals surface area contributed by atoms with Gasteiger partial charge in [-0.3, -0.25) is 29.4 Å². The number of aromatic hydroxyl groups is 1. The highest BCUT2D eigenvalue weighted by atomic mass is 32.1. The molecule has 61 heavy (non-hydrogen) atoms. The number of nitrogens with zero attached hydrogens (tertiary/aromatic N) is 4. The van der Waals surface area contributed by atoms with Crippen LogP contribution in [0.1, 0.15) is 57.6 Å². The maximum Gasteiger partial charge on any atom is 0.325 e. The van der Waals surface area contributed by atoms with Gasteiger partial charge in [-0.05, 0) is 95.2 Å². The summed E-state index contributed by atoms with van der Waals surface area (Å²) in [4.78, 5) is 71.5. The van der Waals surface area contributed by atoms with Crippen LogP contribution in [0.4, 0.5) is 10.5 Å². The van der Waals surface area contributed by atoms with Crippen LogP contribution in [0, 0.1) is 0 Å². The molecular formula is C47H46N6O7S. The number of hydrogen-bond donors (Lipinski definition) is 3. The summed E-state index contributed by atoms with van der Waals surface area (Å²) in [5.74, 6) is -0.147. The molecule has 5 heterocycles. The van der Waals surface area contributed by atoms with E-state index < -0.39 is 11.9 Å². The number of ether oxygens (including phenoxy) is 1. The highest BCUT2D eigenvalue weighted by Gasteiger charge is 2.42. The lowest BCUT2D eigenvalue weighted by Gasteiger charge is -2.48. The number of phenolic OH excluding ortho intramolecular Hbond substituents is 1. The van der Waals surface area contributed by atoms with Gasteiger partial charge in [-0.1, -0.05) is 55.1 Å². The third-order valence-electron chi connectivity index (χ3n) is 12.1. The number of anilines is 1. The number of unbranched alkanes of at least 4 members (excludes halogenated alkanes) is 1. The van der Waals surface area contributed by atoms with Crippen molar-refractivity contribution in [2.75, 3.05) is 31.1 Å². The molecule has 0 radical (unpaired) electrons. The summed E-state index contributed by atoms with van der Waals surface area (Å²) in [6.07, 6.45) is 3.47. The molecule has 6 amide bonds. The summed E-state index contributed by atoms with van der Waals surface area (Å²) in [6, 6.07) is 24.8. The number of thiophene rings is 1. The number of imide groups is 1. The van der Waals surface area contributed by atoms with Crippen molar-refractivity contribution in [3.63, 3.8) is 0 Å². The second-order valence-electron chi connectivity index (χ2n) is 16.0. The molecule has 13 nitrogen and oxygen atoms in total. The average Bonchev–Trinajstić information content (AvgIpc) is 3.80. The molecule has 5 aromatic rings. The van der Waals surface area contributed by atoms with Crippen LogP contribution in [0.15, 0.2) is 96.9 Å². The van der Waals surface area contributed by atoms with Crippen molar-refractivity contribution in [2.24, 2.45) is 0 Å². The van der Waals surface area contributed by atoms with Gasteiger partial charge in [0.1, 0.15) is 24.1 Å². The number of piperidine rings is 1. The molecule has 0 saturated carbocycles. The van der Waals surface area contributed by atoms with Crippen molar-refractivity contribution in [3.05, 3.63) is 124 Å². The van der Waals surface area contributed by atoms with Crippen LogP contribution < -0.4 is 20.3 Å². The Balaban J connectivity index is 0.793. The Kier molecular flexibility index (Phi) is 11.0.